The van der Waals surface area contributed by atoms with Crippen LogP contribution in [-0.4, -0.2) is 23.3 Å². The molecule has 0 saturated carbocycles. The average molecular weight is 362 g/mol. The van der Waals surface area contributed by atoms with Crippen molar-refractivity contribution in [3.63, 3.8) is 0 Å². The van der Waals surface area contributed by atoms with Crippen molar-refractivity contribution in [1.29, 1.82) is 0 Å². The van der Waals surface area contributed by atoms with E-state index in [1.54, 1.807) is 19.4 Å². The topological polar surface area (TPSA) is 62.7 Å². The van der Waals surface area contributed by atoms with Crippen LogP contribution in [0.1, 0.15) is 16.8 Å². The highest BCUT2D eigenvalue weighted by molar-refractivity contribution is 5.87. The number of carbonyl (C=O) groups is 1. The smallest absolute Gasteiger partial charge is 0.412 e. The van der Waals surface area contributed by atoms with Gasteiger partial charge in [0.1, 0.15) is 5.75 Å². The Kier molecular flexibility index (Phi) is 5.41. The van der Waals surface area contributed by atoms with Crippen molar-refractivity contribution in [3.05, 3.63) is 77.6 Å². The van der Waals surface area contributed by atoms with Crippen LogP contribution in [0.3, 0.4) is 0 Å². The molecular weight excluding hydrogens is 340 g/mol. The summed E-state index contributed by atoms with van der Waals surface area (Å²) in [6, 6.07) is 17.4. The fraction of sp³-hybridized carbons (Fsp3) is 0.182. The molecule has 2 aromatic carbocycles. The van der Waals surface area contributed by atoms with Crippen LogP contribution in [0.4, 0.5) is 10.5 Å². The molecule has 0 bridgehead atoms. The molecule has 138 valence electrons. The summed E-state index contributed by atoms with van der Waals surface area (Å²) < 4.78 is 5.44. The fourth-order valence-corrected chi connectivity index (χ4v) is 3.13. The maximum absolute atomic E-state index is 12.0. The van der Waals surface area contributed by atoms with E-state index in [0.717, 1.165) is 28.0 Å². The van der Waals surface area contributed by atoms with Crippen molar-refractivity contribution in [1.82, 2.24) is 4.98 Å². The number of hydrogen-bond donors (Lipinski definition) is 1. The van der Waals surface area contributed by atoms with Crippen LogP contribution in [0.5, 0.6) is 5.75 Å². The molecular formula is C22H22N2O3. The lowest BCUT2D eigenvalue weighted by Crippen LogP contribution is -2.29. The van der Waals surface area contributed by atoms with Crippen molar-refractivity contribution < 1.29 is 14.6 Å². The monoisotopic (exact) mass is 362 g/mol. The van der Waals surface area contributed by atoms with Gasteiger partial charge in [-0.1, -0.05) is 42.5 Å². The Morgan fingerprint density at radius 2 is 1.78 bits per heavy atom. The van der Waals surface area contributed by atoms with Crippen molar-refractivity contribution in [2.75, 3.05) is 12.0 Å². The zero-order chi connectivity index (χ0) is 19.4. The van der Waals surface area contributed by atoms with Crippen LogP contribution in [0.15, 0.2) is 60.8 Å². The number of anilines is 1. The molecule has 0 atom stereocenters. The van der Waals surface area contributed by atoms with Crippen molar-refractivity contribution in [2.45, 2.75) is 20.4 Å². The number of aryl methyl sites for hydroxylation is 1. The van der Waals surface area contributed by atoms with E-state index >= 15 is 0 Å². The number of rotatable bonds is 5. The van der Waals surface area contributed by atoms with E-state index in [1.165, 1.54) is 4.90 Å². The molecule has 1 heterocycles. The van der Waals surface area contributed by atoms with E-state index in [-0.39, 0.29) is 6.54 Å². The van der Waals surface area contributed by atoms with Crippen molar-refractivity contribution >= 4 is 11.8 Å². The molecule has 5 nitrogen and oxygen atoms in total. The minimum atomic E-state index is -1.03. The summed E-state index contributed by atoms with van der Waals surface area (Å²) in [5.41, 5.74) is 5.05. The van der Waals surface area contributed by atoms with Gasteiger partial charge in [-0.3, -0.25) is 9.88 Å². The van der Waals surface area contributed by atoms with Crippen LogP contribution in [-0.2, 0) is 6.54 Å². The van der Waals surface area contributed by atoms with Gasteiger partial charge >= 0.3 is 6.09 Å². The minimum absolute atomic E-state index is 0.149. The molecule has 1 aromatic heterocycles. The molecule has 0 saturated heterocycles. The Labute approximate surface area is 158 Å². The molecule has 3 aromatic rings. The molecule has 5 heteroatoms. The molecule has 27 heavy (non-hydrogen) atoms. The van der Waals surface area contributed by atoms with Gasteiger partial charge in [-0.05, 0) is 37.1 Å². The first-order valence-corrected chi connectivity index (χ1v) is 8.66. The molecule has 0 unspecified atom stereocenters. The zero-order valence-corrected chi connectivity index (χ0v) is 15.6. The number of aromatic nitrogens is 1. The van der Waals surface area contributed by atoms with Gasteiger partial charge in [0, 0.05) is 23.0 Å². The van der Waals surface area contributed by atoms with Gasteiger partial charge in [-0.2, -0.15) is 0 Å². The summed E-state index contributed by atoms with van der Waals surface area (Å²) >= 11 is 0. The second kappa shape index (κ2) is 7.91. The maximum atomic E-state index is 12.0. The third-order valence-electron chi connectivity index (χ3n) is 4.55. The summed E-state index contributed by atoms with van der Waals surface area (Å²) in [7, 11) is 1.61. The van der Waals surface area contributed by atoms with Gasteiger partial charge in [0.15, 0.2) is 0 Å². The summed E-state index contributed by atoms with van der Waals surface area (Å²) in [4.78, 5) is 17.7. The van der Waals surface area contributed by atoms with Gasteiger partial charge in [0.2, 0.25) is 0 Å². The number of pyridine rings is 1. The summed E-state index contributed by atoms with van der Waals surface area (Å²) in [5.74, 6) is 0.739. The highest BCUT2D eigenvalue weighted by Gasteiger charge is 2.19. The molecule has 0 aliphatic heterocycles. The first-order valence-electron chi connectivity index (χ1n) is 8.66. The van der Waals surface area contributed by atoms with E-state index in [4.69, 9.17) is 4.74 Å². The van der Waals surface area contributed by atoms with E-state index in [9.17, 15) is 9.90 Å². The molecule has 0 aliphatic rings. The lowest BCUT2D eigenvalue weighted by Gasteiger charge is -2.21. The number of amides is 1. The minimum Gasteiger partial charge on any atom is -0.496 e. The number of nitrogens with zero attached hydrogens (tertiary/aromatic N) is 2. The molecule has 1 N–H and O–H groups in total. The molecule has 0 aliphatic carbocycles. The second-order valence-corrected chi connectivity index (χ2v) is 6.33. The summed E-state index contributed by atoms with van der Waals surface area (Å²) in [5, 5.41) is 9.79. The number of carboxylic acid groups (broad SMARTS) is 1. The van der Waals surface area contributed by atoms with Crippen LogP contribution in [0.25, 0.3) is 11.1 Å². The van der Waals surface area contributed by atoms with Crippen LogP contribution >= 0.6 is 0 Å². The van der Waals surface area contributed by atoms with Crippen LogP contribution in [0, 0.1) is 13.8 Å². The van der Waals surface area contributed by atoms with E-state index in [2.05, 4.69) is 4.98 Å². The molecule has 0 radical (unpaired) electrons. The Morgan fingerprint density at radius 1 is 1.07 bits per heavy atom. The molecule has 0 fully saturated rings. The SMILES string of the molecule is COc1c(C)cnc(CN(C(=O)O)c2cccc(-c3ccccc3)c2)c1C. The quantitative estimate of drug-likeness (QED) is 0.689. The summed E-state index contributed by atoms with van der Waals surface area (Å²) in [6.07, 6.45) is 0.683. The van der Waals surface area contributed by atoms with Crippen molar-refractivity contribution in [2.24, 2.45) is 0 Å². The standard InChI is InChI=1S/C22H22N2O3/c1-15-13-23-20(16(2)21(15)27-3)14-24(22(25)26)19-11-7-10-18(12-19)17-8-5-4-6-9-17/h4-13H,14H2,1-3H3,(H,25,26). The van der Waals surface area contributed by atoms with Gasteiger partial charge in [-0.25, -0.2) is 4.79 Å². The van der Waals surface area contributed by atoms with Crippen LogP contribution in [0.2, 0.25) is 0 Å². The maximum Gasteiger partial charge on any atom is 0.412 e. The normalized spacial score (nSPS) is 10.5. The first kappa shape index (κ1) is 18.5. The Bertz CT molecular complexity index is 955. The predicted molar refractivity (Wildman–Crippen MR) is 106 cm³/mol. The summed E-state index contributed by atoms with van der Waals surface area (Å²) in [6.45, 7) is 3.96. The van der Waals surface area contributed by atoms with E-state index in [1.807, 2.05) is 62.4 Å². The first-order chi connectivity index (χ1) is 13.0. The predicted octanol–water partition coefficient (Wildman–Crippen LogP) is 5.06. The number of benzene rings is 2. The third kappa shape index (κ3) is 3.92. The number of hydrogen-bond acceptors (Lipinski definition) is 3. The number of methoxy groups -OCH3 is 1. The van der Waals surface area contributed by atoms with Gasteiger partial charge < -0.3 is 9.84 Å². The molecule has 0 spiro atoms. The van der Waals surface area contributed by atoms with Crippen molar-refractivity contribution in [3.8, 4) is 16.9 Å². The Hall–Kier alpha value is -3.34. The Balaban J connectivity index is 1.97. The third-order valence-corrected chi connectivity index (χ3v) is 4.55. The van der Waals surface area contributed by atoms with Crippen LogP contribution < -0.4 is 9.64 Å². The zero-order valence-electron chi connectivity index (χ0n) is 15.6. The second-order valence-electron chi connectivity index (χ2n) is 6.33. The molecule has 3 rings (SSSR count). The van der Waals surface area contributed by atoms with E-state index in [0.29, 0.717) is 11.4 Å². The van der Waals surface area contributed by atoms with Gasteiger partial charge in [0.05, 0.1) is 19.3 Å². The Morgan fingerprint density at radius 3 is 2.44 bits per heavy atom. The highest BCUT2D eigenvalue weighted by Crippen LogP contribution is 2.28. The highest BCUT2D eigenvalue weighted by atomic mass is 16.5. The fourth-order valence-electron chi connectivity index (χ4n) is 3.13. The van der Waals surface area contributed by atoms with Gasteiger partial charge in [0.25, 0.3) is 0 Å². The average Bonchev–Trinajstić information content (AvgIpc) is 2.68. The molecule has 1 amide bonds. The number of ether oxygens (including phenoxy) is 1. The lowest BCUT2D eigenvalue weighted by molar-refractivity contribution is 0.201. The van der Waals surface area contributed by atoms with E-state index < -0.39 is 6.09 Å². The van der Waals surface area contributed by atoms with Gasteiger partial charge in [-0.15, -0.1) is 0 Å². The lowest BCUT2D eigenvalue weighted by atomic mass is 10.0. The largest absolute Gasteiger partial charge is 0.496 e.